The van der Waals surface area contributed by atoms with Gasteiger partial charge in [0.05, 0.1) is 12.7 Å². The summed E-state index contributed by atoms with van der Waals surface area (Å²) in [5.41, 5.74) is 5.57. The van der Waals surface area contributed by atoms with Crippen LogP contribution in [0.4, 0.5) is 5.82 Å². The second-order valence-corrected chi connectivity index (χ2v) is 7.32. The van der Waals surface area contributed by atoms with Gasteiger partial charge < -0.3 is 9.32 Å². The lowest BCUT2D eigenvalue weighted by molar-refractivity contribution is 0.228. The zero-order valence-electron chi connectivity index (χ0n) is 16.5. The summed E-state index contributed by atoms with van der Waals surface area (Å²) in [6.07, 6.45) is 3.34. The van der Waals surface area contributed by atoms with Gasteiger partial charge in [0.1, 0.15) is 23.4 Å². The van der Waals surface area contributed by atoms with Crippen molar-refractivity contribution in [2.45, 2.75) is 20.4 Å². The molecule has 0 atom stereocenters. The molecule has 0 saturated carbocycles. The van der Waals surface area contributed by atoms with Crippen molar-refractivity contribution >= 4 is 16.9 Å². The lowest BCUT2D eigenvalue weighted by Crippen LogP contribution is -2.46. The highest BCUT2D eigenvalue weighted by molar-refractivity contribution is 5.79. The van der Waals surface area contributed by atoms with Gasteiger partial charge in [-0.25, -0.2) is 15.0 Å². The number of benzene rings is 1. The maximum Gasteiger partial charge on any atom is 0.209 e. The third-order valence-corrected chi connectivity index (χ3v) is 5.48. The quantitative estimate of drug-likeness (QED) is 0.567. The molecular formula is C20H22N8O. The van der Waals surface area contributed by atoms with E-state index in [2.05, 4.69) is 47.1 Å². The summed E-state index contributed by atoms with van der Waals surface area (Å²) < 4.78 is 6.01. The first-order valence-corrected chi connectivity index (χ1v) is 9.68. The van der Waals surface area contributed by atoms with Crippen molar-refractivity contribution in [1.82, 2.24) is 35.3 Å². The number of aromatic nitrogens is 6. The molecule has 0 aliphatic carbocycles. The number of fused-ring (bicyclic) bond motifs is 1. The van der Waals surface area contributed by atoms with Gasteiger partial charge in [-0.2, -0.15) is 15.4 Å². The second kappa shape index (κ2) is 7.25. The predicted molar refractivity (Wildman–Crippen MR) is 108 cm³/mol. The van der Waals surface area contributed by atoms with Crippen molar-refractivity contribution in [1.29, 1.82) is 0 Å². The molecule has 0 radical (unpaired) electrons. The van der Waals surface area contributed by atoms with E-state index in [1.54, 1.807) is 12.5 Å². The van der Waals surface area contributed by atoms with Crippen molar-refractivity contribution < 1.29 is 4.42 Å². The van der Waals surface area contributed by atoms with Gasteiger partial charge in [0.25, 0.3) is 0 Å². The molecule has 3 aromatic heterocycles. The molecular weight excluding hydrogens is 368 g/mol. The normalized spacial score (nSPS) is 15.3. The molecule has 4 heterocycles. The molecule has 5 rings (SSSR count). The Hall–Kier alpha value is -3.33. The van der Waals surface area contributed by atoms with E-state index in [0.29, 0.717) is 6.54 Å². The lowest BCUT2D eigenvalue weighted by atomic mass is 10.1. The summed E-state index contributed by atoms with van der Waals surface area (Å²) in [5.74, 6) is 1.78. The molecule has 29 heavy (non-hydrogen) atoms. The van der Waals surface area contributed by atoms with Crippen molar-refractivity contribution in [2.75, 3.05) is 31.1 Å². The number of anilines is 1. The lowest BCUT2D eigenvalue weighted by Gasteiger charge is -2.35. The number of nitrogens with zero attached hydrogens (tertiary/aromatic N) is 7. The van der Waals surface area contributed by atoms with Crippen LogP contribution < -0.4 is 4.90 Å². The van der Waals surface area contributed by atoms with E-state index < -0.39 is 0 Å². The highest BCUT2D eigenvalue weighted by atomic mass is 16.3. The number of aromatic amines is 1. The van der Waals surface area contributed by atoms with Crippen LogP contribution in [0.5, 0.6) is 0 Å². The Morgan fingerprint density at radius 3 is 2.76 bits per heavy atom. The average Bonchev–Trinajstić information content (AvgIpc) is 3.40. The number of nitrogens with one attached hydrogen (secondary N) is 1. The molecule has 1 aliphatic rings. The molecule has 1 fully saturated rings. The fourth-order valence-corrected chi connectivity index (χ4v) is 3.69. The van der Waals surface area contributed by atoms with E-state index in [9.17, 15) is 0 Å². The van der Waals surface area contributed by atoms with Gasteiger partial charge in [0, 0.05) is 43.0 Å². The summed E-state index contributed by atoms with van der Waals surface area (Å²) in [4.78, 5) is 18.1. The van der Waals surface area contributed by atoms with Crippen molar-refractivity contribution in [3.05, 3.63) is 47.9 Å². The van der Waals surface area contributed by atoms with Gasteiger partial charge in [-0.3, -0.25) is 4.90 Å². The molecule has 0 amide bonds. The number of rotatable bonds is 4. The first-order chi connectivity index (χ1) is 14.2. The molecule has 4 aromatic rings. The average molecular weight is 390 g/mol. The molecule has 1 saturated heterocycles. The number of aryl methyl sites for hydroxylation is 1. The van der Waals surface area contributed by atoms with Crippen molar-refractivity contribution in [3.63, 3.8) is 0 Å². The van der Waals surface area contributed by atoms with Crippen LogP contribution in [0.15, 0.2) is 35.1 Å². The smallest absolute Gasteiger partial charge is 0.209 e. The highest BCUT2D eigenvalue weighted by Gasteiger charge is 2.21. The second-order valence-electron chi connectivity index (χ2n) is 7.32. The molecule has 148 valence electrons. The van der Waals surface area contributed by atoms with E-state index in [1.165, 1.54) is 0 Å². The van der Waals surface area contributed by atoms with Crippen molar-refractivity contribution in [3.8, 4) is 11.3 Å². The summed E-state index contributed by atoms with van der Waals surface area (Å²) in [7, 11) is 0. The molecule has 1 N–H and O–H groups in total. The summed E-state index contributed by atoms with van der Waals surface area (Å²) in [6, 6.07) is 5.91. The minimum absolute atomic E-state index is 0.698. The van der Waals surface area contributed by atoms with Crippen LogP contribution in [-0.4, -0.2) is 61.4 Å². The Labute approximate surface area is 167 Å². The Balaban J connectivity index is 1.27. The van der Waals surface area contributed by atoms with Gasteiger partial charge >= 0.3 is 0 Å². The van der Waals surface area contributed by atoms with Gasteiger partial charge in [0.2, 0.25) is 5.89 Å². The van der Waals surface area contributed by atoms with E-state index in [1.807, 2.05) is 25.1 Å². The molecule has 9 nitrogen and oxygen atoms in total. The van der Waals surface area contributed by atoms with Crippen LogP contribution in [0.25, 0.3) is 22.4 Å². The Kier molecular flexibility index (Phi) is 4.44. The third-order valence-electron chi connectivity index (χ3n) is 5.48. The SMILES string of the molecule is Cc1ncnc(N2CCN(Cc3nc4ccc(-c5cn[nH]n5)cc4o3)CC2)c1C. The van der Waals surface area contributed by atoms with Crippen molar-refractivity contribution in [2.24, 2.45) is 0 Å². The number of oxazole rings is 1. The van der Waals surface area contributed by atoms with Gasteiger partial charge in [0.15, 0.2) is 5.58 Å². The molecule has 1 aromatic carbocycles. The van der Waals surface area contributed by atoms with Gasteiger partial charge in [-0.15, -0.1) is 0 Å². The first kappa shape index (κ1) is 17.7. The Bertz CT molecular complexity index is 1130. The number of piperazine rings is 1. The van der Waals surface area contributed by atoms with Crippen LogP contribution in [-0.2, 0) is 6.54 Å². The number of hydrogen-bond donors (Lipinski definition) is 1. The Morgan fingerprint density at radius 2 is 1.97 bits per heavy atom. The van der Waals surface area contributed by atoms with E-state index >= 15 is 0 Å². The molecule has 0 bridgehead atoms. The maximum absolute atomic E-state index is 6.01. The molecule has 9 heteroatoms. The monoisotopic (exact) mass is 390 g/mol. The topological polar surface area (TPSA) is 99.9 Å². The zero-order chi connectivity index (χ0) is 19.8. The number of H-pyrrole nitrogens is 1. The summed E-state index contributed by atoms with van der Waals surface area (Å²) >= 11 is 0. The van der Waals surface area contributed by atoms with E-state index in [4.69, 9.17) is 4.42 Å². The van der Waals surface area contributed by atoms with Gasteiger partial charge in [-0.1, -0.05) is 6.07 Å². The fourth-order valence-electron chi connectivity index (χ4n) is 3.69. The summed E-state index contributed by atoms with van der Waals surface area (Å²) in [5, 5.41) is 10.6. The molecule has 0 unspecified atom stereocenters. The third kappa shape index (κ3) is 3.44. The standard InChI is InChI=1S/C20H22N8O/c1-13-14(2)21-12-22-20(13)28-7-5-27(6-8-28)11-19-24-16-4-3-15(9-18(16)29-19)17-10-23-26-25-17/h3-4,9-10,12H,5-8,11H2,1-2H3,(H,23,25,26). The highest BCUT2D eigenvalue weighted by Crippen LogP contribution is 2.24. The fraction of sp³-hybridized carbons (Fsp3) is 0.350. The Morgan fingerprint density at radius 1 is 1.10 bits per heavy atom. The van der Waals surface area contributed by atoms with Crippen LogP contribution in [0.1, 0.15) is 17.1 Å². The summed E-state index contributed by atoms with van der Waals surface area (Å²) in [6.45, 7) is 8.53. The van der Waals surface area contributed by atoms with E-state index in [0.717, 1.165) is 71.5 Å². The van der Waals surface area contributed by atoms with E-state index in [-0.39, 0.29) is 0 Å². The van der Waals surface area contributed by atoms with Crippen LogP contribution in [0, 0.1) is 13.8 Å². The maximum atomic E-state index is 6.01. The predicted octanol–water partition coefficient (Wildman–Crippen LogP) is 2.34. The number of hydrogen-bond acceptors (Lipinski definition) is 8. The van der Waals surface area contributed by atoms with Gasteiger partial charge in [-0.05, 0) is 26.0 Å². The largest absolute Gasteiger partial charge is 0.439 e. The zero-order valence-corrected chi connectivity index (χ0v) is 16.5. The molecule has 1 aliphatic heterocycles. The van der Waals surface area contributed by atoms with Crippen LogP contribution in [0.3, 0.4) is 0 Å². The first-order valence-electron chi connectivity index (χ1n) is 9.68. The van der Waals surface area contributed by atoms with Crippen LogP contribution in [0.2, 0.25) is 0 Å². The minimum atomic E-state index is 0.698. The van der Waals surface area contributed by atoms with Crippen LogP contribution >= 0.6 is 0 Å². The molecule has 0 spiro atoms. The minimum Gasteiger partial charge on any atom is -0.439 e.